The van der Waals surface area contributed by atoms with Crippen molar-refractivity contribution < 1.29 is 9.90 Å². The van der Waals surface area contributed by atoms with E-state index in [0.29, 0.717) is 11.0 Å². The Morgan fingerprint density at radius 2 is 2.05 bits per heavy atom. The van der Waals surface area contributed by atoms with Gasteiger partial charge >= 0.3 is 5.97 Å². The quantitative estimate of drug-likeness (QED) is 0.883. The number of benzene rings is 1. The number of aryl methyl sites for hydroxylation is 1. The molecule has 2 N–H and O–H groups in total. The molecule has 0 radical (unpaired) electrons. The Balaban J connectivity index is 1.62. The predicted molar refractivity (Wildman–Crippen MR) is 78.0 cm³/mol. The number of piperidine rings is 1. The number of nitrogens with zero attached hydrogens (tertiary/aromatic N) is 1. The molecule has 4 heteroatoms. The fourth-order valence-corrected chi connectivity index (χ4v) is 3.54. The normalized spacial score (nSPS) is 21.6. The average molecular weight is 274 g/mol. The minimum absolute atomic E-state index is 0.430. The van der Waals surface area contributed by atoms with Crippen molar-refractivity contribution in [2.45, 2.75) is 26.3 Å². The van der Waals surface area contributed by atoms with Crippen LogP contribution in [-0.4, -0.2) is 42.2 Å². The standard InChI is InChI=1S/C16H22N2O2/c1-12-2-3-13(8-14(12)15(19)20)9-18-10-16(11-18)4-6-17-7-5-16/h2-3,8,17H,4-7,9-11H2,1H3,(H,19,20). The first-order chi connectivity index (χ1) is 9.58. The maximum Gasteiger partial charge on any atom is 0.335 e. The summed E-state index contributed by atoms with van der Waals surface area (Å²) < 4.78 is 0. The van der Waals surface area contributed by atoms with E-state index in [2.05, 4.69) is 16.3 Å². The minimum atomic E-state index is -0.831. The first kappa shape index (κ1) is 13.6. The van der Waals surface area contributed by atoms with E-state index in [1.165, 1.54) is 12.8 Å². The summed E-state index contributed by atoms with van der Waals surface area (Å²) in [5, 5.41) is 12.6. The monoisotopic (exact) mass is 274 g/mol. The summed E-state index contributed by atoms with van der Waals surface area (Å²) in [6, 6.07) is 5.79. The van der Waals surface area contributed by atoms with Gasteiger partial charge in [-0.25, -0.2) is 4.79 Å². The molecule has 1 spiro atoms. The molecule has 0 aromatic heterocycles. The van der Waals surface area contributed by atoms with Crippen LogP contribution in [-0.2, 0) is 6.54 Å². The second kappa shape index (κ2) is 5.19. The molecule has 0 aliphatic carbocycles. The Bertz CT molecular complexity index is 513. The van der Waals surface area contributed by atoms with Crippen LogP contribution in [0.2, 0.25) is 0 Å². The van der Waals surface area contributed by atoms with Crippen molar-refractivity contribution in [2.24, 2.45) is 5.41 Å². The maximum absolute atomic E-state index is 11.2. The zero-order chi connectivity index (χ0) is 14.2. The molecule has 0 bridgehead atoms. The summed E-state index contributed by atoms with van der Waals surface area (Å²) >= 11 is 0. The van der Waals surface area contributed by atoms with Crippen LogP contribution in [0.4, 0.5) is 0 Å². The highest BCUT2D eigenvalue weighted by Crippen LogP contribution is 2.39. The zero-order valence-corrected chi connectivity index (χ0v) is 12.0. The van der Waals surface area contributed by atoms with E-state index in [9.17, 15) is 9.90 Å². The van der Waals surface area contributed by atoms with Crippen molar-refractivity contribution in [3.05, 3.63) is 34.9 Å². The lowest BCUT2D eigenvalue weighted by Gasteiger charge is -2.52. The summed E-state index contributed by atoms with van der Waals surface area (Å²) in [5.41, 5.74) is 2.90. The lowest BCUT2D eigenvalue weighted by atomic mass is 9.72. The zero-order valence-electron chi connectivity index (χ0n) is 12.0. The van der Waals surface area contributed by atoms with Crippen LogP contribution < -0.4 is 5.32 Å². The SMILES string of the molecule is Cc1ccc(CN2CC3(CCNCC3)C2)cc1C(=O)O. The van der Waals surface area contributed by atoms with Gasteiger partial charge in [-0.15, -0.1) is 0 Å². The minimum Gasteiger partial charge on any atom is -0.478 e. The van der Waals surface area contributed by atoms with Crippen molar-refractivity contribution >= 4 is 5.97 Å². The van der Waals surface area contributed by atoms with E-state index in [1.54, 1.807) is 0 Å². The van der Waals surface area contributed by atoms with Gasteiger partial charge in [0.15, 0.2) is 0 Å². The van der Waals surface area contributed by atoms with Crippen LogP contribution in [0.1, 0.15) is 34.3 Å². The van der Waals surface area contributed by atoms with Crippen LogP contribution >= 0.6 is 0 Å². The first-order valence-corrected chi connectivity index (χ1v) is 7.34. The van der Waals surface area contributed by atoms with Gasteiger partial charge in [0.2, 0.25) is 0 Å². The fraction of sp³-hybridized carbons (Fsp3) is 0.562. The Labute approximate surface area is 119 Å². The Kier molecular flexibility index (Phi) is 3.52. The number of likely N-dealkylation sites (tertiary alicyclic amines) is 1. The first-order valence-electron chi connectivity index (χ1n) is 7.34. The predicted octanol–water partition coefficient (Wildman–Crippen LogP) is 1.88. The number of carbonyl (C=O) groups is 1. The third-order valence-electron chi connectivity index (χ3n) is 4.72. The van der Waals surface area contributed by atoms with Gasteiger partial charge in [-0.05, 0) is 55.5 Å². The second-order valence-electron chi connectivity index (χ2n) is 6.35. The van der Waals surface area contributed by atoms with Crippen molar-refractivity contribution in [1.29, 1.82) is 0 Å². The van der Waals surface area contributed by atoms with Gasteiger partial charge in [0, 0.05) is 19.6 Å². The van der Waals surface area contributed by atoms with Crippen LogP contribution in [0.3, 0.4) is 0 Å². The molecule has 0 amide bonds. The van der Waals surface area contributed by atoms with Crippen molar-refractivity contribution in [2.75, 3.05) is 26.2 Å². The molecule has 0 saturated carbocycles. The molecule has 2 heterocycles. The highest BCUT2D eigenvalue weighted by molar-refractivity contribution is 5.89. The smallest absolute Gasteiger partial charge is 0.335 e. The summed E-state index contributed by atoms with van der Waals surface area (Å²) in [5.74, 6) is -0.831. The second-order valence-corrected chi connectivity index (χ2v) is 6.35. The molecule has 3 rings (SSSR count). The molecule has 0 atom stereocenters. The number of hydrogen-bond acceptors (Lipinski definition) is 3. The van der Waals surface area contributed by atoms with Crippen molar-refractivity contribution in [3.63, 3.8) is 0 Å². The average Bonchev–Trinajstić information content (AvgIpc) is 2.40. The van der Waals surface area contributed by atoms with E-state index in [4.69, 9.17) is 0 Å². The molecule has 1 aromatic carbocycles. The Morgan fingerprint density at radius 3 is 2.70 bits per heavy atom. The summed E-state index contributed by atoms with van der Waals surface area (Å²) in [4.78, 5) is 13.6. The summed E-state index contributed by atoms with van der Waals surface area (Å²) in [7, 11) is 0. The molecule has 2 saturated heterocycles. The van der Waals surface area contributed by atoms with Crippen molar-refractivity contribution in [1.82, 2.24) is 10.2 Å². The van der Waals surface area contributed by atoms with Crippen LogP contribution in [0.5, 0.6) is 0 Å². The number of hydrogen-bond donors (Lipinski definition) is 2. The highest BCUT2D eigenvalue weighted by Gasteiger charge is 2.42. The van der Waals surface area contributed by atoms with E-state index in [1.807, 2.05) is 19.1 Å². The van der Waals surface area contributed by atoms with Gasteiger partial charge in [-0.1, -0.05) is 12.1 Å². The molecular weight excluding hydrogens is 252 g/mol. The number of aromatic carboxylic acids is 1. The third kappa shape index (κ3) is 2.58. The van der Waals surface area contributed by atoms with E-state index in [0.717, 1.165) is 43.9 Å². The number of carboxylic acids is 1. The van der Waals surface area contributed by atoms with Gasteiger partial charge in [0.05, 0.1) is 5.56 Å². The molecule has 108 valence electrons. The molecule has 0 unspecified atom stereocenters. The number of nitrogens with one attached hydrogen (secondary N) is 1. The summed E-state index contributed by atoms with van der Waals surface area (Å²) in [6.07, 6.45) is 2.55. The van der Waals surface area contributed by atoms with Gasteiger partial charge in [0.1, 0.15) is 0 Å². The summed E-state index contributed by atoms with van der Waals surface area (Å²) in [6.45, 7) is 7.32. The van der Waals surface area contributed by atoms with Gasteiger partial charge in [-0.3, -0.25) is 4.90 Å². The van der Waals surface area contributed by atoms with Crippen molar-refractivity contribution in [3.8, 4) is 0 Å². The number of carboxylic acid groups (broad SMARTS) is 1. The lowest BCUT2D eigenvalue weighted by Crippen LogP contribution is -2.59. The van der Waals surface area contributed by atoms with Gasteiger partial charge < -0.3 is 10.4 Å². The maximum atomic E-state index is 11.2. The molecule has 2 aliphatic rings. The highest BCUT2D eigenvalue weighted by atomic mass is 16.4. The van der Waals surface area contributed by atoms with Gasteiger partial charge in [0.25, 0.3) is 0 Å². The molecule has 1 aromatic rings. The van der Waals surface area contributed by atoms with E-state index < -0.39 is 5.97 Å². The fourth-order valence-electron chi connectivity index (χ4n) is 3.54. The van der Waals surface area contributed by atoms with E-state index in [-0.39, 0.29) is 0 Å². The van der Waals surface area contributed by atoms with E-state index >= 15 is 0 Å². The lowest BCUT2D eigenvalue weighted by molar-refractivity contribution is -0.0282. The molecule has 2 fully saturated rings. The third-order valence-corrected chi connectivity index (χ3v) is 4.72. The van der Waals surface area contributed by atoms with Crippen LogP contribution in [0, 0.1) is 12.3 Å². The largest absolute Gasteiger partial charge is 0.478 e. The topological polar surface area (TPSA) is 52.6 Å². The number of rotatable bonds is 3. The molecule has 20 heavy (non-hydrogen) atoms. The Hall–Kier alpha value is -1.39. The van der Waals surface area contributed by atoms with Crippen LogP contribution in [0.15, 0.2) is 18.2 Å². The van der Waals surface area contributed by atoms with Gasteiger partial charge in [-0.2, -0.15) is 0 Å². The molecule has 2 aliphatic heterocycles. The molecule has 4 nitrogen and oxygen atoms in total. The molecular formula is C16H22N2O2. The Morgan fingerprint density at radius 1 is 1.35 bits per heavy atom. The van der Waals surface area contributed by atoms with Crippen LogP contribution in [0.25, 0.3) is 0 Å².